The first kappa shape index (κ1) is 29.8. The van der Waals surface area contributed by atoms with Crippen molar-refractivity contribution in [3.05, 3.63) is 29.3 Å². The van der Waals surface area contributed by atoms with E-state index in [-0.39, 0.29) is 12.1 Å². The number of nitrogens with zero attached hydrogens (tertiary/aromatic N) is 3. The Bertz CT molecular complexity index is 881. The maximum Gasteiger partial charge on any atom is 0.210 e. The number of ether oxygens (including phenoxy) is 3. The van der Waals surface area contributed by atoms with Crippen LogP contribution in [0, 0.1) is 23.2 Å². The van der Waals surface area contributed by atoms with Crippen molar-refractivity contribution in [1.82, 2.24) is 0 Å². The lowest BCUT2D eigenvalue weighted by Gasteiger charge is -2.31. The average Bonchev–Trinajstić information content (AvgIpc) is 2.85. The fraction of sp³-hybridized carbons (Fsp3) is 0.690. The lowest BCUT2D eigenvalue weighted by atomic mass is 9.83. The summed E-state index contributed by atoms with van der Waals surface area (Å²) in [6, 6.07) is 6.24. The monoisotopic (exact) mass is 500 g/mol. The highest BCUT2D eigenvalue weighted by molar-refractivity contribution is 5.94. The fourth-order valence-corrected chi connectivity index (χ4v) is 4.62. The first-order valence-electron chi connectivity index (χ1n) is 13.5. The molecule has 0 fully saturated rings. The van der Waals surface area contributed by atoms with Crippen molar-refractivity contribution in [3.8, 4) is 0 Å². The predicted octanol–water partition coefficient (Wildman–Crippen LogP) is 5.64. The van der Waals surface area contributed by atoms with Crippen molar-refractivity contribution < 1.29 is 14.2 Å². The van der Waals surface area contributed by atoms with Crippen LogP contribution in [0.25, 0.3) is 0 Å². The minimum atomic E-state index is -0.133. The van der Waals surface area contributed by atoms with Crippen LogP contribution in [0.3, 0.4) is 0 Å². The van der Waals surface area contributed by atoms with E-state index in [9.17, 15) is 0 Å². The molecular formula is C29H48N4O3. The van der Waals surface area contributed by atoms with Gasteiger partial charge in [0, 0.05) is 44.8 Å². The Hall–Kier alpha value is -2.41. The quantitative estimate of drug-likeness (QED) is 0.265. The van der Waals surface area contributed by atoms with Gasteiger partial charge in [-0.05, 0) is 62.5 Å². The second-order valence-corrected chi connectivity index (χ2v) is 10.3. The van der Waals surface area contributed by atoms with E-state index in [2.05, 4.69) is 57.8 Å². The summed E-state index contributed by atoms with van der Waals surface area (Å²) in [5, 5.41) is 7.87. The molecule has 3 atom stereocenters. The third-order valence-corrected chi connectivity index (χ3v) is 6.77. The van der Waals surface area contributed by atoms with E-state index in [4.69, 9.17) is 29.6 Å². The van der Waals surface area contributed by atoms with Crippen LogP contribution in [0.2, 0.25) is 0 Å². The molecule has 1 aromatic rings. The molecule has 0 aliphatic carbocycles. The van der Waals surface area contributed by atoms with Crippen LogP contribution in [0.15, 0.2) is 28.2 Å². The van der Waals surface area contributed by atoms with Crippen LogP contribution in [0.4, 0.5) is 5.69 Å². The Balaban J connectivity index is 2.29. The molecule has 0 spiro atoms. The fourth-order valence-electron chi connectivity index (χ4n) is 4.62. The summed E-state index contributed by atoms with van der Waals surface area (Å²) in [4.78, 5) is 12.2. The van der Waals surface area contributed by atoms with Gasteiger partial charge in [-0.25, -0.2) is 9.98 Å². The first-order chi connectivity index (χ1) is 17.2. The summed E-state index contributed by atoms with van der Waals surface area (Å²) in [7, 11) is 3.82. The average molecular weight is 501 g/mol. The second-order valence-electron chi connectivity index (χ2n) is 10.3. The van der Waals surface area contributed by atoms with E-state index >= 15 is 0 Å². The van der Waals surface area contributed by atoms with Crippen LogP contribution in [-0.4, -0.2) is 70.6 Å². The Kier molecular flexibility index (Phi) is 12.4. The molecule has 36 heavy (non-hydrogen) atoms. The lowest BCUT2D eigenvalue weighted by molar-refractivity contribution is 0.196. The van der Waals surface area contributed by atoms with Crippen LogP contribution in [-0.2, 0) is 20.6 Å². The third-order valence-electron chi connectivity index (χ3n) is 6.77. The number of rotatable bonds is 14. The summed E-state index contributed by atoms with van der Waals surface area (Å²) in [6.45, 7) is 15.6. The van der Waals surface area contributed by atoms with Crippen molar-refractivity contribution in [1.29, 1.82) is 5.41 Å². The van der Waals surface area contributed by atoms with E-state index < -0.39 is 0 Å². The normalized spacial score (nSPS) is 18.6. The Morgan fingerprint density at radius 3 is 2.33 bits per heavy atom. The van der Waals surface area contributed by atoms with Crippen LogP contribution in [0.1, 0.15) is 65.5 Å². The van der Waals surface area contributed by atoms with Gasteiger partial charge in [-0.2, -0.15) is 0 Å². The SMILES string of the molecule is CCOC1=N[C@H](C(C)C)C(OCC)=N[C@H]1C[C@H](Cc1ccc(C=N)c(N(C)CCCOC)c1)C(C)C. The molecule has 1 heterocycles. The number of nitrogens with one attached hydrogen (secondary N) is 1. The van der Waals surface area contributed by atoms with Crippen molar-refractivity contribution in [2.24, 2.45) is 27.7 Å². The van der Waals surface area contributed by atoms with Crippen molar-refractivity contribution in [2.45, 2.75) is 72.9 Å². The third kappa shape index (κ3) is 8.32. The van der Waals surface area contributed by atoms with E-state index in [1.165, 1.54) is 11.8 Å². The van der Waals surface area contributed by atoms with Gasteiger partial charge in [0.05, 0.1) is 13.2 Å². The highest BCUT2D eigenvalue weighted by atomic mass is 16.5. The number of anilines is 1. The largest absolute Gasteiger partial charge is 0.480 e. The van der Waals surface area contributed by atoms with Gasteiger partial charge in [0.15, 0.2) is 0 Å². The van der Waals surface area contributed by atoms with Crippen molar-refractivity contribution >= 4 is 23.7 Å². The Labute approximate surface area is 218 Å². The van der Waals surface area contributed by atoms with Gasteiger partial charge in [0.25, 0.3) is 0 Å². The number of benzene rings is 1. The minimum absolute atomic E-state index is 0.0925. The molecule has 7 nitrogen and oxygen atoms in total. The predicted molar refractivity (Wildman–Crippen MR) is 151 cm³/mol. The maximum atomic E-state index is 7.87. The zero-order valence-electron chi connectivity index (χ0n) is 23.7. The summed E-state index contributed by atoms with van der Waals surface area (Å²) in [5.41, 5.74) is 3.29. The number of hydrogen-bond acceptors (Lipinski definition) is 7. The maximum absolute atomic E-state index is 7.87. The molecule has 7 heteroatoms. The van der Waals surface area contributed by atoms with Gasteiger partial charge in [-0.1, -0.05) is 39.8 Å². The van der Waals surface area contributed by atoms with E-state index in [1.807, 2.05) is 13.8 Å². The molecule has 1 N–H and O–H groups in total. The first-order valence-corrected chi connectivity index (χ1v) is 13.5. The second kappa shape index (κ2) is 15.0. The zero-order chi connectivity index (χ0) is 26.7. The van der Waals surface area contributed by atoms with Crippen molar-refractivity contribution in [3.63, 3.8) is 0 Å². The summed E-state index contributed by atoms with van der Waals surface area (Å²) in [6.07, 6.45) is 4.16. The summed E-state index contributed by atoms with van der Waals surface area (Å²) in [5.74, 6) is 2.62. The molecule has 0 amide bonds. The topological polar surface area (TPSA) is 79.5 Å². The molecule has 1 aromatic carbocycles. The van der Waals surface area contributed by atoms with E-state index in [0.717, 1.165) is 55.5 Å². The van der Waals surface area contributed by atoms with Crippen LogP contribution >= 0.6 is 0 Å². The molecule has 0 unspecified atom stereocenters. The van der Waals surface area contributed by atoms with E-state index in [0.29, 0.717) is 31.0 Å². The molecule has 0 bridgehead atoms. The molecule has 202 valence electrons. The molecule has 0 saturated carbocycles. The van der Waals surface area contributed by atoms with Gasteiger partial charge in [0.1, 0.15) is 12.1 Å². The van der Waals surface area contributed by atoms with Crippen LogP contribution in [0.5, 0.6) is 0 Å². The Morgan fingerprint density at radius 1 is 1.06 bits per heavy atom. The molecular weight excluding hydrogens is 452 g/mol. The number of methoxy groups -OCH3 is 1. The molecule has 1 aliphatic rings. The van der Waals surface area contributed by atoms with E-state index in [1.54, 1.807) is 7.11 Å². The highest BCUT2D eigenvalue weighted by Crippen LogP contribution is 2.29. The minimum Gasteiger partial charge on any atom is -0.480 e. The van der Waals surface area contributed by atoms with Gasteiger partial charge in [-0.3, -0.25) is 0 Å². The Morgan fingerprint density at radius 2 is 1.75 bits per heavy atom. The molecule has 2 rings (SSSR count). The van der Waals surface area contributed by atoms with Crippen molar-refractivity contribution in [2.75, 3.05) is 45.4 Å². The molecule has 0 aromatic heterocycles. The smallest absolute Gasteiger partial charge is 0.210 e. The standard InChI is InChI=1S/C29H48N4O3/c1-9-35-28-25(31-29(36-10-2)27(32-28)21(5)6)18-24(20(3)4)16-22-12-13-23(19-30)26(17-22)33(7)14-11-15-34-8/h12-13,17,19-21,24-25,27,30H,9-11,14-16,18H2,1-8H3/t24-,25-,27+/m0/s1. The van der Waals surface area contributed by atoms with Crippen LogP contribution < -0.4 is 4.90 Å². The van der Waals surface area contributed by atoms with Gasteiger partial charge >= 0.3 is 0 Å². The van der Waals surface area contributed by atoms with Gasteiger partial charge in [-0.15, -0.1) is 0 Å². The number of hydrogen-bond donors (Lipinski definition) is 1. The van der Waals surface area contributed by atoms with Gasteiger partial charge < -0.3 is 24.5 Å². The summed E-state index contributed by atoms with van der Waals surface area (Å²) < 4.78 is 17.2. The number of aliphatic imine (C=N–C) groups is 2. The summed E-state index contributed by atoms with van der Waals surface area (Å²) >= 11 is 0. The molecule has 1 aliphatic heterocycles. The highest BCUT2D eigenvalue weighted by Gasteiger charge is 2.33. The zero-order valence-corrected chi connectivity index (χ0v) is 23.7. The van der Waals surface area contributed by atoms with Gasteiger partial charge in [0.2, 0.25) is 11.8 Å². The molecule has 0 radical (unpaired) electrons. The molecule has 0 saturated heterocycles. The lowest BCUT2D eigenvalue weighted by Crippen LogP contribution is -2.39.